The molecule has 0 spiro atoms. The lowest BCUT2D eigenvalue weighted by Gasteiger charge is -2.35. The van der Waals surface area contributed by atoms with Gasteiger partial charge >= 0.3 is 0 Å². The number of benzene rings is 2. The zero-order chi connectivity index (χ0) is 22.0. The van der Waals surface area contributed by atoms with E-state index in [1.54, 1.807) is 43.3 Å². The third-order valence-electron chi connectivity index (χ3n) is 5.26. The van der Waals surface area contributed by atoms with Crippen molar-refractivity contribution < 1.29 is 14.3 Å². The first kappa shape index (κ1) is 20.6. The van der Waals surface area contributed by atoms with Crippen molar-refractivity contribution >= 4 is 28.4 Å². The number of para-hydroxylation sites is 3. The number of H-pyrrole nitrogens is 1. The van der Waals surface area contributed by atoms with Crippen LogP contribution in [-0.2, 0) is 16.0 Å². The maximum absolute atomic E-state index is 13.0. The second-order valence-corrected chi connectivity index (χ2v) is 7.69. The molecule has 0 saturated heterocycles. The van der Waals surface area contributed by atoms with Crippen LogP contribution in [0.5, 0.6) is 5.75 Å². The maximum Gasteiger partial charge on any atom is 0.265 e. The third-order valence-corrected chi connectivity index (χ3v) is 5.26. The van der Waals surface area contributed by atoms with Gasteiger partial charge in [0.15, 0.2) is 6.10 Å². The summed E-state index contributed by atoms with van der Waals surface area (Å²) in [6, 6.07) is 14.4. The number of aromatic nitrogens is 2. The number of carbonyl (C=O) groups is 2. The van der Waals surface area contributed by atoms with Gasteiger partial charge in [0.1, 0.15) is 11.6 Å². The molecule has 160 valence electrons. The van der Waals surface area contributed by atoms with Crippen LogP contribution in [0.3, 0.4) is 0 Å². The highest BCUT2D eigenvalue weighted by molar-refractivity contribution is 5.97. The number of hydrogen-bond donors (Lipinski definition) is 1. The van der Waals surface area contributed by atoms with Gasteiger partial charge in [-0.15, -0.1) is 0 Å². The van der Waals surface area contributed by atoms with Crippen molar-refractivity contribution in [2.75, 3.05) is 25.5 Å². The predicted octanol–water partition coefficient (Wildman–Crippen LogP) is 2.13. The van der Waals surface area contributed by atoms with Crippen LogP contribution in [0.15, 0.2) is 53.3 Å². The van der Waals surface area contributed by atoms with Crippen molar-refractivity contribution in [1.82, 2.24) is 14.9 Å². The molecular formula is C23H24N4O4. The van der Waals surface area contributed by atoms with Crippen molar-refractivity contribution in [3.05, 3.63) is 64.7 Å². The monoisotopic (exact) mass is 420 g/mol. The van der Waals surface area contributed by atoms with Crippen LogP contribution in [0, 0.1) is 0 Å². The van der Waals surface area contributed by atoms with Crippen LogP contribution in [0.4, 0.5) is 5.69 Å². The normalized spacial score (nSPS) is 15.3. The van der Waals surface area contributed by atoms with E-state index in [1.807, 2.05) is 24.3 Å². The minimum absolute atomic E-state index is 0.101. The fraction of sp³-hybridized carbons (Fsp3) is 0.304. The predicted molar refractivity (Wildman–Crippen MR) is 117 cm³/mol. The molecular weight excluding hydrogens is 396 g/mol. The molecule has 1 aliphatic heterocycles. The number of hydrogen-bond acceptors (Lipinski definition) is 5. The molecule has 8 heteroatoms. The zero-order valence-electron chi connectivity index (χ0n) is 17.5. The van der Waals surface area contributed by atoms with Crippen LogP contribution >= 0.6 is 0 Å². The molecule has 0 bridgehead atoms. The Morgan fingerprint density at radius 3 is 2.71 bits per heavy atom. The Morgan fingerprint density at radius 2 is 1.90 bits per heavy atom. The highest BCUT2D eigenvalue weighted by Gasteiger charge is 2.34. The lowest BCUT2D eigenvalue weighted by atomic mass is 10.1. The molecule has 0 fully saturated rings. The van der Waals surface area contributed by atoms with Gasteiger partial charge in [0.2, 0.25) is 5.91 Å². The van der Waals surface area contributed by atoms with E-state index in [9.17, 15) is 14.4 Å². The molecule has 2 amide bonds. The van der Waals surface area contributed by atoms with Gasteiger partial charge < -0.3 is 19.5 Å². The number of nitrogens with zero attached hydrogens (tertiary/aromatic N) is 3. The highest BCUT2D eigenvalue weighted by atomic mass is 16.5. The van der Waals surface area contributed by atoms with Gasteiger partial charge in [-0.1, -0.05) is 24.3 Å². The number of nitrogens with one attached hydrogen (secondary N) is 1. The fourth-order valence-corrected chi connectivity index (χ4v) is 3.68. The van der Waals surface area contributed by atoms with Crippen LogP contribution in [0.2, 0.25) is 0 Å². The quantitative estimate of drug-likeness (QED) is 0.682. The van der Waals surface area contributed by atoms with E-state index in [2.05, 4.69) is 9.97 Å². The SMILES string of the molecule is CN(C)C(=O)[C@@H]1CN(C(=O)CCCc2nc3ccccc3c(=O)[nH]2)c2ccccc2O1. The van der Waals surface area contributed by atoms with E-state index in [1.165, 1.54) is 4.90 Å². The van der Waals surface area contributed by atoms with Crippen molar-refractivity contribution in [3.8, 4) is 5.75 Å². The summed E-state index contributed by atoms with van der Waals surface area (Å²) in [5.74, 6) is 0.781. The summed E-state index contributed by atoms with van der Waals surface area (Å²) in [6.07, 6.45) is 0.504. The average molecular weight is 420 g/mol. The standard InChI is InChI=1S/C23H24N4O4/c1-26(2)23(30)19-14-27(17-10-5-6-11-18(17)31-19)21(28)13-7-12-20-24-16-9-4-3-8-15(16)22(29)25-20/h3-6,8-11,19H,7,12-14H2,1-2H3,(H,24,25,29)/t19-/m0/s1. The van der Waals surface area contributed by atoms with Gasteiger partial charge in [-0.3, -0.25) is 14.4 Å². The molecule has 1 aromatic heterocycles. The summed E-state index contributed by atoms with van der Waals surface area (Å²) in [6.45, 7) is 0.165. The minimum atomic E-state index is -0.743. The Balaban J connectivity index is 1.46. The second kappa shape index (κ2) is 8.59. The van der Waals surface area contributed by atoms with Gasteiger partial charge in [0.25, 0.3) is 11.5 Å². The molecule has 1 N–H and O–H groups in total. The lowest BCUT2D eigenvalue weighted by molar-refractivity contribution is -0.136. The van der Waals surface area contributed by atoms with Crippen LogP contribution < -0.4 is 15.2 Å². The summed E-state index contributed by atoms with van der Waals surface area (Å²) in [5, 5.41) is 0.545. The van der Waals surface area contributed by atoms with Crippen LogP contribution in [0.25, 0.3) is 10.9 Å². The maximum atomic E-state index is 13.0. The van der Waals surface area contributed by atoms with E-state index in [0.717, 1.165) is 0 Å². The first-order chi connectivity index (χ1) is 14.9. The molecule has 4 rings (SSSR count). The number of amides is 2. The molecule has 2 heterocycles. The molecule has 0 saturated carbocycles. The summed E-state index contributed by atoms with van der Waals surface area (Å²) in [7, 11) is 3.32. The van der Waals surface area contributed by atoms with Gasteiger partial charge in [0, 0.05) is 26.9 Å². The van der Waals surface area contributed by atoms with E-state index >= 15 is 0 Å². The van der Waals surface area contributed by atoms with Crippen molar-refractivity contribution in [2.24, 2.45) is 0 Å². The molecule has 0 radical (unpaired) electrons. The zero-order valence-corrected chi connectivity index (χ0v) is 17.5. The summed E-state index contributed by atoms with van der Waals surface area (Å²) >= 11 is 0. The number of likely N-dealkylation sites (N-methyl/N-ethyl adjacent to an activating group) is 1. The minimum Gasteiger partial charge on any atom is -0.476 e. The Bertz CT molecular complexity index is 1190. The molecule has 0 unspecified atom stereocenters. The largest absolute Gasteiger partial charge is 0.476 e. The first-order valence-electron chi connectivity index (χ1n) is 10.2. The fourth-order valence-electron chi connectivity index (χ4n) is 3.68. The Hall–Kier alpha value is -3.68. The van der Waals surface area contributed by atoms with E-state index in [-0.39, 0.29) is 30.3 Å². The smallest absolute Gasteiger partial charge is 0.265 e. The number of carbonyl (C=O) groups excluding carboxylic acids is 2. The Morgan fingerprint density at radius 1 is 1.16 bits per heavy atom. The molecule has 1 aliphatic rings. The number of anilines is 1. The molecule has 2 aromatic carbocycles. The molecule has 31 heavy (non-hydrogen) atoms. The molecule has 1 atom stereocenters. The number of fused-ring (bicyclic) bond motifs is 2. The van der Waals surface area contributed by atoms with Crippen LogP contribution in [0.1, 0.15) is 18.7 Å². The summed E-state index contributed by atoms with van der Waals surface area (Å²) < 4.78 is 5.83. The number of rotatable bonds is 5. The molecule has 8 nitrogen and oxygen atoms in total. The van der Waals surface area contributed by atoms with E-state index < -0.39 is 6.10 Å². The van der Waals surface area contributed by atoms with E-state index in [4.69, 9.17) is 4.74 Å². The second-order valence-electron chi connectivity index (χ2n) is 7.69. The average Bonchev–Trinajstić information content (AvgIpc) is 2.77. The lowest BCUT2D eigenvalue weighted by Crippen LogP contribution is -2.50. The van der Waals surface area contributed by atoms with Crippen molar-refractivity contribution in [3.63, 3.8) is 0 Å². The van der Waals surface area contributed by atoms with Gasteiger partial charge in [-0.2, -0.15) is 0 Å². The van der Waals surface area contributed by atoms with Gasteiger partial charge in [0.05, 0.1) is 23.1 Å². The van der Waals surface area contributed by atoms with Crippen molar-refractivity contribution in [2.45, 2.75) is 25.4 Å². The Labute approximate surface area is 179 Å². The van der Waals surface area contributed by atoms with Crippen LogP contribution in [-0.4, -0.2) is 53.4 Å². The highest BCUT2D eigenvalue weighted by Crippen LogP contribution is 2.34. The summed E-state index contributed by atoms with van der Waals surface area (Å²) in [4.78, 5) is 48.0. The van der Waals surface area contributed by atoms with Gasteiger partial charge in [-0.05, 0) is 30.7 Å². The number of ether oxygens (including phenoxy) is 1. The topological polar surface area (TPSA) is 95.6 Å². The van der Waals surface area contributed by atoms with Gasteiger partial charge in [-0.25, -0.2) is 4.98 Å². The first-order valence-corrected chi connectivity index (χ1v) is 10.2. The number of aromatic amines is 1. The molecule has 0 aliphatic carbocycles. The summed E-state index contributed by atoms with van der Waals surface area (Å²) in [5.41, 5.74) is 1.12. The Kier molecular flexibility index (Phi) is 5.70. The number of aryl methyl sites for hydroxylation is 1. The van der Waals surface area contributed by atoms with E-state index in [0.29, 0.717) is 41.0 Å². The third kappa shape index (κ3) is 4.28. The van der Waals surface area contributed by atoms with Crippen molar-refractivity contribution in [1.29, 1.82) is 0 Å². The molecule has 3 aromatic rings.